The summed E-state index contributed by atoms with van der Waals surface area (Å²) >= 11 is 0. The van der Waals surface area contributed by atoms with Crippen LogP contribution < -0.4 is 9.64 Å². The van der Waals surface area contributed by atoms with Crippen LogP contribution >= 0.6 is 0 Å². The molecule has 1 aliphatic heterocycles. The molecule has 0 saturated carbocycles. The summed E-state index contributed by atoms with van der Waals surface area (Å²) in [6, 6.07) is 22.6. The molecule has 0 aliphatic carbocycles. The summed E-state index contributed by atoms with van der Waals surface area (Å²) in [7, 11) is 2.06. The average molecular weight is 423 g/mol. The number of imidazole rings is 1. The van der Waals surface area contributed by atoms with E-state index in [2.05, 4.69) is 95.2 Å². The first-order valence-electron chi connectivity index (χ1n) is 10.7. The Morgan fingerprint density at radius 1 is 0.844 bits per heavy atom. The molecule has 1 aliphatic rings. The fraction of sp³-hybridized carbons (Fsp3) is 0.148. The summed E-state index contributed by atoms with van der Waals surface area (Å²) < 4.78 is 8.29. The Morgan fingerprint density at radius 3 is 2.31 bits per heavy atom. The fourth-order valence-electron chi connectivity index (χ4n) is 4.08. The van der Waals surface area contributed by atoms with Crippen molar-refractivity contribution in [1.29, 1.82) is 0 Å². The molecular weight excluding hydrogens is 396 g/mol. The zero-order chi connectivity index (χ0) is 22.1. The average Bonchev–Trinajstić information content (AvgIpc) is 3.44. The van der Waals surface area contributed by atoms with E-state index in [9.17, 15) is 0 Å². The molecule has 0 spiro atoms. The lowest BCUT2D eigenvalue weighted by atomic mass is 10.1. The van der Waals surface area contributed by atoms with Crippen LogP contribution in [0, 0.1) is 13.8 Å². The Kier molecular flexibility index (Phi) is 5.15. The summed E-state index contributed by atoms with van der Waals surface area (Å²) in [4.78, 5) is 8.97. The lowest BCUT2D eigenvalue weighted by molar-refractivity contribution is 0.481. The molecule has 0 saturated heterocycles. The molecule has 5 nitrogen and oxygen atoms in total. The van der Waals surface area contributed by atoms with Gasteiger partial charge in [0, 0.05) is 43.0 Å². The Balaban J connectivity index is 1.38. The maximum Gasteiger partial charge on any atom is 0.129 e. The highest BCUT2D eigenvalue weighted by molar-refractivity contribution is 5.62. The second kappa shape index (κ2) is 8.27. The van der Waals surface area contributed by atoms with Crippen molar-refractivity contribution >= 4 is 5.69 Å². The van der Waals surface area contributed by atoms with Crippen LogP contribution in [-0.2, 0) is 0 Å². The number of nitrogens with zero attached hydrogens (tertiary/aromatic N) is 4. The van der Waals surface area contributed by atoms with Gasteiger partial charge in [-0.25, -0.2) is 4.98 Å². The molecule has 5 heteroatoms. The number of aryl methyl sites for hydroxylation is 2. The third-order valence-electron chi connectivity index (χ3n) is 5.67. The van der Waals surface area contributed by atoms with E-state index in [1.54, 1.807) is 0 Å². The molecule has 3 aromatic carbocycles. The van der Waals surface area contributed by atoms with Gasteiger partial charge in [0.25, 0.3) is 0 Å². The molecule has 0 bridgehead atoms. The minimum absolute atomic E-state index is 0.787. The van der Waals surface area contributed by atoms with Gasteiger partial charge in [-0.15, -0.1) is 0 Å². The minimum Gasteiger partial charge on any atom is -0.457 e. The second-order valence-corrected chi connectivity index (χ2v) is 8.20. The van der Waals surface area contributed by atoms with E-state index < -0.39 is 0 Å². The minimum atomic E-state index is 0.787. The van der Waals surface area contributed by atoms with Gasteiger partial charge in [-0.2, -0.15) is 0 Å². The Morgan fingerprint density at radius 2 is 1.56 bits per heavy atom. The molecule has 32 heavy (non-hydrogen) atoms. The molecule has 4 aromatic rings. The number of hydrogen-bond acceptors (Lipinski definition) is 4. The Bertz CT molecular complexity index is 1270. The maximum absolute atomic E-state index is 6.20. The van der Waals surface area contributed by atoms with Crippen LogP contribution in [0.3, 0.4) is 0 Å². The molecule has 2 heterocycles. The number of para-hydroxylation sites is 1. The van der Waals surface area contributed by atoms with Crippen LogP contribution in [-0.4, -0.2) is 28.2 Å². The van der Waals surface area contributed by atoms with Crippen molar-refractivity contribution in [1.82, 2.24) is 14.5 Å². The van der Waals surface area contributed by atoms with Crippen molar-refractivity contribution in [3.05, 3.63) is 103 Å². The van der Waals surface area contributed by atoms with Crippen molar-refractivity contribution in [2.24, 2.45) is 0 Å². The summed E-state index contributed by atoms with van der Waals surface area (Å²) in [5.41, 5.74) is 6.67. The Hall–Kier alpha value is -3.99. The molecule has 0 unspecified atom stereocenters. The molecule has 0 amide bonds. The molecule has 0 atom stereocenters. The third-order valence-corrected chi connectivity index (χ3v) is 5.67. The highest BCUT2D eigenvalue weighted by Crippen LogP contribution is 2.30. The van der Waals surface area contributed by atoms with Crippen molar-refractivity contribution in [2.45, 2.75) is 13.8 Å². The summed E-state index contributed by atoms with van der Waals surface area (Å²) in [6.45, 7) is 5.09. The van der Waals surface area contributed by atoms with Gasteiger partial charge < -0.3 is 19.1 Å². The van der Waals surface area contributed by atoms with Gasteiger partial charge in [-0.05, 0) is 49.2 Å². The van der Waals surface area contributed by atoms with E-state index in [1.165, 1.54) is 16.8 Å². The highest BCUT2D eigenvalue weighted by atomic mass is 16.5. The van der Waals surface area contributed by atoms with Crippen LogP contribution in [0.1, 0.15) is 11.1 Å². The largest absolute Gasteiger partial charge is 0.457 e. The first kappa shape index (κ1) is 19.9. The van der Waals surface area contributed by atoms with Crippen LogP contribution in [0.4, 0.5) is 5.69 Å². The molecule has 1 aromatic heterocycles. The number of hydrogen-bond donors (Lipinski definition) is 0. The lowest BCUT2D eigenvalue weighted by Gasteiger charge is -2.19. The molecule has 0 N–H and O–H groups in total. The topological polar surface area (TPSA) is 33.5 Å². The molecule has 160 valence electrons. The number of benzene rings is 3. The van der Waals surface area contributed by atoms with Gasteiger partial charge in [0.05, 0.1) is 24.4 Å². The summed E-state index contributed by atoms with van der Waals surface area (Å²) in [5.74, 6) is 1.60. The van der Waals surface area contributed by atoms with E-state index in [-0.39, 0.29) is 0 Å². The molecule has 0 radical (unpaired) electrons. The predicted molar refractivity (Wildman–Crippen MR) is 129 cm³/mol. The zero-order valence-corrected chi connectivity index (χ0v) is 18.6. The van der Waals surface area contributed by atoms with E-state index in [0.29, 0.717) is 0 Å². The van der Waals surface area contributed by atoms with Gasteiger partial charge in [0.1, 0.15) is 11.5 Å². The molecule has 0 fully saturated rings. The monoisotopic (exact) mass is 422 g/mol. The third kappa shape index (κ3) is 3.97. The van der Waals surface area contributed by atoms with E-state index in [4.69, 9.17) is 4.74 Å². The van der Waals surface area contributed by atoms with Crippen molar-refractivity contribution in [3.8, 4) is 28.4 Å². The maximum atomic E-state index is 6.20. The van der Waals surface area contributed by atoms with E-state index in [1.807, 2.05) is 36.7 Å². The van der Waals surface area contributed by atoms with Crippen LogP contribution in [0.15, 0.2) is 91.7 Å². The number of aromatic nitrogens is 2. The lowest BCUT2D eigenvalue weighted by Crippen LogP contribution is -2.21. The van der Waals surface area contributed by atoms with Gasteiger partial charge in [0.2, 0.25) is 0 Å². The Labute approximate surface area is 188 Å². The van der Waals surface area contributed by atoms with Gasteiger partial charge in [-0.3, -0.25) is 0 Å². The fourth-order valence-corrected chi connectivity index (χ4v) is 4.08. The van der Waals surface area contributed by atoms with Crippen molar-refractivity contribution < 1.29 is 4.74 Å². The van der Waals surface area contributed by atoms with Gasteiger partial charge in [-0.1, -0.05) is 36.4 Å². The first-order chi connectivity index (χ1) is 15.6. The normalized spacial score (nSPS) is 13.1. The predicted octanol–water partition coefficient (Wildman–Crippen LogP) is 6.13. The standard InChI is InChI=1S/C27H26N4O/c1-20-7-4-8-21(2)27(20)31-17-26(28-18-31)22-9-5-11-24(15-22)32-25-12-6-10-23(16-25)30-14-13-29(3)19-30/h4-18H,19H2,1-3H3. The van der Waals surface area contributed by atoms with Gasteiger partial charge in [0.15, 0.2) is 0 Å². The quantitative estimate of drug-likeness (QED) is 0.387. The van der Waals surface area contributed by atoms with Crippen molar-refractivity contribution in [3.63, 3.8) is 0 Å². The smallest absolute Gasteiger partial charge is 0.129 e. The second-order valence-electron chi connectivity index (χ2n) is 8.20. The summed E-state index contributed by atoms with van der Waals surface area (Å²) in [6.07, 6.45) is 8.09. The first-order valence-corrected chi connectivity index (χ1v) is 10.7. The SMILES string of the molecule is Cc1cccc(C)c1-n1cnc(-c2cccc(Oc3cccc(N4C=CN(C)C4)c3)c2)c1. The molecular formula is C27H26N4O. The number of ether oxygens (including phenoxy) is 1. The van der Waals surface area contributed by atoms with E-state index in [0.717, 1.165) is 35.1 Å². The number of rotatable bonds is 5. The summed E-state index contributed by atoms with van der Waals surface area (Å²) in [5, 5.41) is 0. The molecule has 5 rings (SSSR count). The van der Waals surface area contributed by atoms with Crippen LogP contribution in [0.5, 0.6) is 11.5 Å². The van der Waals surface area contributed by atoms with Gasteiger partial charge >= 0.3 is 0 Å². The van der Waals surface area contributed by atoms with Crippen LogP contribution in [0.2, 0.25) is 0 Å². The number of anilines is 1. The van der Waals surface area contributed by atoms with E-state index >= 15 is 0 Å². The highest BCUT2D eigenvalue weighted by Gasteiger charge is 2.12. The zero-order valence-electron chi connectivity index (χ0n) is 18.6. The van der Waals surface area contributed by atoms with Crippen LogP contribution in [0.25, 0.3) is 16.9 Å². The van der Waals surface area contributed by atoms with Crippen molar-refractivity contribution in [2.75, 3.05) is 18.6 Å².